The fraction of sp³-hybridized carbons (Fsp3) is 0.176. The minimum absolute atomic E-state index is 0.708. The van der Waals surface area contributed by atoms with Gasteiger partial charge in [0.05, 0.1) is 5.52 Å². The number of hydrogen-bond donors (Lipinski definition) is 1. The first-order valence-electron chi connectivity index (χ1n) is 6.93. The molecule has 4 heteroatoms. The molecule has 0 amide bonds. The van der Waals surface area contributed by atoms with Crippen molar-refractivity contribution in [3.63, 3.8) is 0 Å². The van der Waals surface area contributed by atoms with Gasteiger partial charge in [-0.25, -0.2) is 4.98 Å². The van der Waals surface area contributed by atoms with Gasteiger partial charge in [0.2, 0.25) is 0 Å². The van der Waals surface area contributed by atoms with Crippen LogP contribution in [0.15, 0.2) is 48.7 Å². The van der Waals surface area contributed by atoms with Crippen molar-refractivity contribution in [2.45, 2.75) is 13.3 Å². The summed E-state index contributed by atoms with van der Waals surface area (Å²) in [6, 6.07) is 13.8. The van der Waals surface area contributed by atoms with Gasteiger partial charge in [0.15, 0.2) is 0 Å². The summed E-state index contributed by atoms with van der Waals surface area (Å²) in [6.45, 7) is 2.89. The van der Waals surface area contributed by atoms with E-state index in [1.54, 1.807) is 0 Å². The molecule has 3 rings (SSSR count). The van der Waals surface area contributed by atoms with Crippen molar-refractivity contribution in [2.75, 3.05) is 11.9 Å². The predicted octanol–water partition coefficient (Wildman–Crippen LogP) is 4.25. The van der Waals surface area contributed by atoms with E-state index in [2.05, 4.69) is 28.3 Å². The Balaban J connectivity index is 1.75. The molecule has 0 unspecified atom stereocenters. The maximum absolute atomic E-state index is 6.04. The van der Waals surface area contributed by atoms with Crippen molar-refractivity contribution < 1.29 is 0 Å². The Bertz CT molecular complexity index is 757. The summed E-state index contributed by atoms with van der Waals surface area (Å²) in [5.74, 6) is 0.873. The van der Waals surface area contributed by atoms with Crippen molar-refractivity contribution in [3.05, 3.63) is 64.9 Å². The number of nitrogens with one attached hydrogen (secondary N) is 1. The highest BCUT2D eigenvalue weighted by atomic mass is 35.5. The minimum Gasteiger partial charge on any atom is -0.370 e. The summed E-state index contributed by atoms with van der Waals surface area (Å²) in [5.41, 5.74) is 3.19. The number of benzene rings is 1. The van der Waals surface area contributed by atoms with Gasteiger partial charge in [-0.1, -0.05) is 23.7 Å². The molecule has 3 aromatic rings. The number of aryl methyl sites for hydroxylation is 1. The number of nitrogens with zero attached hydrogens (tertiary/aromatic N) is 2. The Morgan fingerprint density at radius 1 is 1.14 bits per heavy atom. The molecule has 0 saturated carbocycles. The van der Waals surface area contributed by atoms with Crippen LogP contribution in [0.2, 0.25) is 5.02 Å². The number of rotatable bonds is 4. The summed E-state index contributed by atoms with van der Waals surface area (Å²) in [6.07, 6.45) is 2.69. The first-order chi connectivity index (χ1) is 10.2. The van der Waals surface area contributed by atoms with E-state index in [0.29, 0.717) is 5.02 Å². The van der Waals surface area contributed by atoms with E-state index in [-0.39, 0.29) is 0 Å². The van der Waals surface area contributed by atoms with Gasteiger partial charge in [-0.05, 0) is 42.8 Å². The van der Waals surface area contributed by atoms with Gasteiger partial charge in [0.25, 0.3) is 0 Å². The molecule has 1 aromatic carbocycles. The van der Waals surface area contributed by atoms with Gasteiger partial charge in [-0.2, -0.15) is 0 Å². The van der Waals surface area contributed by atoms with Crippen molar-refractivity contribution in [1.29, 1.82) is 0 Å². The van der Waals surface area contributed by atoms with Crippen LogP contribution in [0, 0.1) is 6.92 Å². The van der Waals surface area contributed by atoms with E-state index in [0.717, 1.165) is 35.4 Å². The molecule has 0 aliphatic rings. The molecule has 106 valence electrons. The standard InChI is InChI=1S/C17H16ClN3/c1-12-10-17(20-9-7-14-4-2-3-8-19-14)21-16-11-13(18)5-6-15(12)16/h2-6,8,10-11H,7,9H2,1H3,(H,20,21). The Morgan fingerprint density at radius 3 is 2.86 bits per heavy atom. The third kappa shape index (κ3) is 3.31. The largest absolute Gasteiger partial charge is 0.370 e. The number of pyridine rings is 2. The number of fused-ring (bicyclic) bond motifs is 1. The van der Waals surface area contributed by atoms with Crippen LogP contribution in [-0.4, -0.2) is 16.5 Å². The quantitative estimate of drug-likeness (QED) is 0.782. The summed E-state index contributed by atoms with van der Waals surface area (Å²) in [5, 5.41) is 5.19. The van der Waals surface area contributed by atoms with Crippen LogP contribution >= 0.6 is 11.6 Å². The number of aromatic nitrogens is 2. The maximum Gasteiger partial charge on any atom is 0.126 e. The molecule has 0 spiro atoms. The summed E-state index contributed by atoms with van der Waals surface area (Å²) in [4.78, 5) is 8.92. The minimum atomic E-state index is 0.708. The molecular weight excluding hydrogens is 282 g/mol. The van der Waals surface area contributed by atoms with Gasteiger partial charge in [0.1, 0.15) is 5.82 Å². The Labute approximate surface area is 129 Å². The van der Waals surface area contributed by atoms with E-state index in [1.807, 2.05) is 42.6 Å². The zero-order valence-corrected chi connectivity index (χ0v) is 12.6. The predicted molar refractivity (Wildman–Crippen MR) is 87.9 cm³/mol. The smallest absolute Gasteiger partial charge is 0.126 e. The monoisotopic (exact) mass is 297 g/mol. The van der Waals surface area contributed by atoms with Gasteiger partial charge >= 0.3 is 0 Å². The highest BCUT2D eigenvalue weighted by Crippen LogP contribution is 2.23. The number of halogens is 1. The molecule has 21 heavy (non-hydrogen) atoms. The summed E-state index contributed by atoms with van der Waals surface area (Å²) >= 11 is 6.04. The van der Waals surface area contributed by atoms with Gasteiger partial charge in [-0.3, -0.25) is 4.98 Å². The van der Waals surface area contributed by atoms with Gasteiger partial charge < -0.3 is 5.32 Å². The lowest BCUT2D eigenvalue weighted by Crippen LogP contribution is -2.07. The summed E-state index contributed by atoms with van der Waals surface area (Å²) < 4.78 is 0. The van der Waals surface area contributed by atoms with Crippen LogP contribution in [0.25, 0.3) is 10.9 Å². The lowest BCUT2D eigenvalue weighted by molar-refractivity contribution is 0.955. The molecule has 1 N–H and O–H groups in total. The first kappa shape index (κ1) is 13.8. The van der Waals surface area contributed by atoms with Gasteiger partial charge in [-0.15, -0.1) is 0 Å². The summed E-state index contributed by atoms with van der Waals surface area (Å²) in [7, 11) is 0. The number of hydrogen-bond acceptors (Lipinski definition) is 3. The third-order valence-electron chi connectivity index (χ3n) is 3.39. The molecule has 0 atom stereocenters. The lowest BCUT2D eigenvalue weighted by Gasteiger charge is -2.09. The third-order valence-corrected chi connectivity index (χ3v) is 3.63. The second-order valence-electron chi connectivity index (χ2n) is 4.98. The highest BCUT2D eigenvalue weighted by molar-refractivity contribution is 6.31. The average Bonchev–Trinajstić information content (AvgIpc) is 2.48. The van der Waals surface area contributed by atoms with E-state index in [9.17, 15) is 0 Å². The topological polar surface area (TPSA) is 37.8 Å². The van der Waals surface area contributed by atoms with Crippen LogP contribution in [0.4, 0.5) is 5.82 Å². The van der Waals surface area contributed by atoms with Crippen molar-refractivity contribution in [1.82, 2.24) is 9.97 Å². The van der Waals surface area contributed by atoms with E-state index < -0.39 is 0 Å². The van der Waals surface area contributed by atoms with Crippen molar-refractivity contribution in [3.8, 4) is 0 Å². The Morgan fingerprint density at radius 2 is 2.05 bits per heavy atom. The zero-order valence-electron chi connectivity index (χ0n) is 11.8. The molecule has 0 aliphatic heterocycles. The fourth-order valence-electron chi connectivity index (χ4n) is 2.33. The van der Waals surface area contributed by atoms with Crippen LogP contribution in [0.3, 0.4) is 0 Å². The lowest BCUT2D eigenvalue weighted by atomic mass is 10.1. The normalized spacial score (nSPS) is 10.8. The van der Waals surface area contributed by atoms with Crippen LogP contribution in [0.1, 0.15) is 11.3 Å². The molecule has 0 aliphatic carbocycles. The van der Waals surface area contributed by atoms with Gasteiger partial charge in [0, 0.05) is 35.3 Å². The molecule has 0 bridgehead atoms. The first-order valence-corrected chi connectivity index (χ1v) is 7.31. The van der Waals surface area contributed by atoms with Crippen molar-refractivity contribution in [2.24, 2.45) is 0 Å². The molecule has 3 nitrogen and oxygen atoms in total. The van der Waals surface area contributed by atoms with E-state index in [4.69, 9.17) is 11.6 Å². The number of anilines is 1. The second kappa shape index (κ2) is 6.10. The molecule has 2 aromatic heterocycles. The van der Waals surface area contributed by atoms with E-state index in [1.165, 1.54) is 5.56 Å². The second-order valence-corrected chi connectivity index (χ2v) is 5.42. The van der Waals surface area contributed by atoms with Crippen LogP contribution in [-0.2, 0) is 6.42 Å². The molecular formula is C17H16ClN3. The van der Waals surface area contributed by atoms with Crippen LogP contribution < -0.4 is 5.32 Å². The highest BCUT2D eigenvalue weighted by Gasteiger charge is 2.03. The average molecular weight is 298 g/mol. The SMILES string of the molecule is Cc1cc(NCCc2ccccn2)nc2cc(Cl)ccc12. The van der Waals surface area contributed by atoms with E-state index >= 15 is 0 Å². The van der Waals surface area contributed by atoms with Crippen molar-refractivity contribution >= 4 is 28.3 Å². The van der Waals surface area contributed by atoms with Crippen LogP contribution in [0.5, 0.6) is 0 Å². The maximum atomic E-state index is 6.04. The molecule has 0 saturated heterocycles. The zero-order chi connectivity index (χ0) is 14.7. The Hall–Kier alpha value is -2.13. The molecule has 0 radical (unpaired) electrons. The Kier molecular flexibility index (Phi) is 4.02. The molecule has 2 heterocycles. The fourth-order valence-corrected chi connectivity index (χ4v) is 2.50. The molecule has 0 fully saturated rings.